The number of aliphatic carboxylic acids is 1. The number of hydrogen-bond donors (Lipinski definition) is 1. The van der Waals surface area contributed by atoms with Gasteiger partial charge in [-0.3, -0.25) is 24.1 Å². The van der Waals surface area contributed by atoms with Crippen molar-refractivity contribution in [2.45, 2.75) is 32.6 Å². The fraction of sp³-hybridized carbons (Fsp3) is 0.462. The van der Waals surface area contributed by atoms with Gasteiger partial charge in [0, 0.05) is 23.6 Å². The van der Waals surface area contributed by atoms with Crippen molar-refractivity contribution >= 4 is 29.3 Å². The van der Waals surface area contributed by atoms with Gasteiger partial charge < -0.3 is 9.84 Å². The van der Waals surface area contributed by atoms with E-state index >= 15 is 0 Å². The molecule has 0 aromatic heterocycles. The number of allylic oxidation sites excluding steroid dienone is 3. The van der Waals surface area contributed by atoms with Crippen molar-refractivity contribution in [1.29, 1.82) is 0 Å². The van der Waals surface area contributed by atoms with E-state index in [0.717, 1.165) is 33.8 Å². The fourth-order valence-electron chi connectivity index (χ4n) is 7.00. The van der Waals surface area contributed by atoms with E-state index in [4.69, 9.17) is 9.84 Å². The molecule has 7 nitrogen and oxygen atoms in total. The lowest BCUT2D eigenvalue weighted by molar-refractivity contribution is -0.142. The molecule has 6 rings (SSSR count). The highest BCUT2D eigenvalue weighted by Crippen LogP contribution is 2.62. The maximum Gasteiger partial charge on any atom is 0.305 e. The minimum atomic E-state index is -1.04. The number of fused-ring (bicyclic) bond motifs is 6. The third-order valence-electron chi connectivity index (χ3n) is 8.37. The molecule has 1 N–H and O–H groups in total. The van der Waals surface area contributed by atoms with Gasteiger partial charge in [0.15, 0.2) is 5.78 Å². The predicted octanol–water partition coefficient (Wildman–Crippen LogP) is 3.06. The smallest absolute Gasteiger partial charge is 0.305 e. The molecule has 0 unspecified atom stereocenters. The highest BCUT2D eigenvalue weighted by Gasteiger charge is 2.61. The summed E-state index contributed by atoms with van der Waals surface area (Å²) in [5.74, 6) is -1.93. The van der Waals surface area contributed by atoms with Gasteiger partial charge in [-0.15, -0.1) is 0 Å². The lowest BCUT2D eigenvalue weighted by atomic mass is 9.51. The first-order valence-corrected chi connectivity index (χ1v) is 11.6. The Morgan fingerprint density at radius 2 is 1.91 bits per heavy atom. The number of carboxylic acid groups (broad SMARTS) is 1. The minimum Gasteiger partial charge on any atom is -0.493 e. The second-order valence-electron chi connectivity index (χ2n) is 9.99. The van der Waals surface area contributed by atoms with E-state index in [1.807, 2.05) is 31.2 Å². The number of Topliss-reactive ketones (excluding diaryl/α,β-unsaturated/α-hetero) is 1. The van der Waals surface area contributed by atoms with Crippen molar-refractivity contribution < 1.29 is 29.0 Å². The van der Waals surface area contributed by atoms with E-state index in [2.05, 4.69) is 6.08 Å². The van der Waals surface area contributed by atoms with Crippen molar-refractivity contribution in [1.82, 2.24) is 4.90 Å². The van der Waals surface area contributed by atoms with Crippen molar-refractivity contribution in [3.63, 3.8) is 0 Å². The van der Waals surface area contributed by atoms with Gasteiger partial charge in [-0.25, -0.2) is 0 Å². The molecule has 5 aliphatic rings. The average Bonchev–Trinajstić information content (AvgIpc) is 3.06. The second-order valence-corrected chi connectivity index (χ2v) is 9.99. The minimum absolute atomic E-state index is 0.0201. The standard InChI is InChI=1S/C26H25NO6/c1-26-12-18-13(6-7-17-20(18)25(32)27(24(17)31)10-8-19(28)29)14-9-11-33-22(21(14)26)15-4-2-3-5-16(15)23(26)30/h2-6,14,17-18,20H,7-12H2,1H3,(H,28,29)/t14-,17-,18+,20-,26+/m0/s1. The molecule has 0 spiro atoms. The summed E-state index contributed by atoms with van der Waals surface area (Å²) in [6.45, 7) is 2.40. The van der Waals surface area contributed by atoms with Gasteiger partial charge in [-0.2, -0.15) is 0 Å². The number of hydrogen-bond acceptors (Lipinski definition) is 5. The normalized spacial score (nSPS) is 34.2. The van der Waals surface area contributed by atoms with Crippen LogP contribution in [0.4, 0.5) is 0 Å². The Hall–Kier alpha value is -3.22. The number of rotatable bonds is 3. The highest BCUT2D eigenvalue weighted by atomic mass is 16.5. The molecule has 2 amide bonds. The summed E-state index contributed by atoms with van der Waals surface area (Å²) >= 11 is 0. The maximum absolute atomic E-state index is 13.8. The lowest BCUT2D eigenvalue weighted by Gasteiger charge is -2.52. The molecule has 5 atom stereocenters. The summed E-state index contributed by atoms with van der Waals surface area (Å²) in [4.78, 5) is 52.4. The van der Waals surface area contributed by atoms with Crippen molar-refractivity contribution in [2.75, 3.05) is 13.2 Å². The van der Waals surface area contributed by atoms with Gasteiger partial charge in [-0.05, 0) is 37.7 Å². The van der Waals surface area contributed by atoms with Crippen molar-refractivity contribution in [3.8, 4) is 0 Å². The highest BCUT2D eigenvalue weighted by molar-refractivity contribution is 6.10. The van der Waals surface area contributed by atoms with Crippen LogP contribution in [0.15, 0.2) is 41.5 Å². The lowest BCUT2D eigenvalue weighted by Crippen LogP contribution is -2.49. The summed E-state index contributed by atoms with van der Waals surface area (Å²) in [5.41, 5.74) is 2.88. The SMILES string of the molecule is C[C@@]12C[C@@H]3C(=CC[C@@H]4C(=O)N(CCC(=O)O)C(=O)[C@@H]43)[C@@H]3CCOC(=C31)c1ccccc1C2=O. The molecule has 2 aliphatic heterocycles. The number of ketones is 1. The molecule has 2 heterocycles. The first kappa shape index (κ1) is 20.4. The van der Waals surface area contributed by atoms with Crippen LogP contribution in [-0.4, -0.2) is 46.7 Å². The number of likely N-dealkylation sites (tertiary alicyclic amines) is 1. The van der Waals surface area contributed by atoms with E-state index in [9.17, 15) is 19.2 Å². The van der Waals surface area contributed by atoms with Crippen LogP contribution in [0.2, 0.25) is 0 Å². The Morgan fingerprint density at radius 3 is 2.67 bits per heavy atom. The van der Waals surface area contributed by atoms with E-state index in [1.165, 1.54) is 0 Å². The molecule has 0 radical (unpaired) electrons. The summed E-state index contributed by atoms with van der Waals surface area (Å²) < 4.78 is 6.15. The zero-order chi connectivity index (χ0) is 23.1. The van der Waals surface area contributed by atoms with Crippen LogP contribution in [0.5, 0.6) is 0 Å². The van der Waals surface area contributed by atoms with Crippen molar-refractivity contribution in [3.05, 3.63) is 52.6 Å². The number of carbonyl (C=O) groups is 4. The fourth-order valence-corrected chi connectivity index (χ4v) is 7.00. The Labute approximate surface area is 191 Å². The monoisotopic (exact) mass is 447 g/mol. The Kier molecular flexibility index (Phi) is 4.26. The van der Waals surface area contributed by atoms with E-state index in [0.29, 0.717) is 25.0 Å². The maximum atomic E-state index is 13.8. The Morgan fingerprint density at radius 1 is 1.15 bits per heavy atom. The van der Waals surface area contributed by atoms with E-state index in [1.54, 1.807) is 0 Å². The van der Waals surface area contributed by atoms with Crippen LogP contribution in [0.25, 0.3) is 5.76 Å². The first-order chi connectivity index (χ1) is 15.8. The summed E-state index contributed by atoms with van der Waals surface area (Å²) in [5, 5.41) is 9.05. The number of carboxylic acids is 1. The first-order valence-electron chi connectivity index (χ1n) is 11.6. The topological polar surface area (TPSA) is 101 Å². The van der Waals surface area contributed by atoms with Gasteiger partial charge in [0.25, 0.3) is 0 Å². The van der Waals surface area contributed by atoms with Crippen LogP contribution in [0.1, 0.15) is 48.5 Å². The van der Waals surface area contributed by atoms with Crippen LogP contribution in [-0.2, 0) is 19.1 Å². The van der Waals surface area contributed by atoms with Crippen LogP contribution in [0, 0.1) is 29.1 Å². The zero-order valence-electron chi connectivity index (χ0n) is 18.4. The summed E-state index contributed by atoms with van der Waals surface area (Å²) in [6, 6.07) is 7.55. The number of ether oxygens (including phenoxy) is 1. The number of benzene rings is 1. The van der Waals surface area contributed by atoms with Crippen LogP contribution >= 0.6 is 0 Å². The predicted molar refractivity (Wildman–Crippen MR) is 117 cm³/mol. The third-order valence-corrected chi connectivity index (χ3v) is 8.37. The number of amides is 2. The Bertz CT molecular complexity index is 1190. The van der Waals surface area contributed by atoms with Gasteiger partial charge in [-0.1, -0.05) is 35.9 Å². The summed E-state index contributed by atoms with van der Waals surface area (Å²) in [6.07, 6.45) is 3.53. The summed E-state index contributed by atoms with van der Waals surface area (Å²) in [7, 11) is 0. The zero-order valence-corrected chi connectivity index (χ0v) is 18.4. The molecule has 3 aliphatic carbocycles. The molecule has 1 aromatic rings. The van der Waals surface area contributed by atoms with Gasteiger partial charge in [0.1, 0.15) is 5.76 Å². The van der Waals surface area contributed by atoms with Crippen LogP contribution < -0.4 is 0 Å². The van der Waals surface area contributed by atoms with Crippen molar-refractivity contribution in [2.24, 2.45) is 29.1 Å². The molecule has 1 saturated carbocycles. The molecular formula is C26H25NO6. The van der Waals surface area contributed by atoms with E-state index in [-0.39, 0.29) is 42.4 Å². The molecule has 33 heavy (non-hydrogen) atoms. The van der Waals surface area contributed by atoms with Gasteiger partial charge >= 0.3 is 5.97 Å². The molecule has 0 bridgehead atoms. The van der Waals surface area contributed by atoms with Gasteiger partial charge in [0.2, 0.25) is 11.8 Å². The van der Waals surface area contributed by atoms with Gasteiger partial charge in [0.05, 0.1) is 30.3 Å². The second kappa shape index (κ2) is 6.89. The largest absolute Gasteiger partial charge is 0.493 e. The molecular weight excluding hydrogens is 422 g/mol. The van der Waals surface area contributed by atoms with Crippen LogP contribution in [0.3, 0.4) is 0 Å². The molecule has 2 fully saturated rings. The average molecular weight is 447 g/mol. The molecule has 7 heteroatoms. The number of imide groups is 1. The molecule has 170 valence electrons. The van der Waals surface area contributed by atoms with E-state index < -0.39 is 23.2 Å². The number of nitrogens with zero attached hydrogens (tertiary/aromatic N) is 1. The quantitative estimate of drug-likeness (QED) is 0.565. The molecule has 1 saturated heterocycles. The third kappa shape index (κ3) is 2.62. The Balaban J connectivity index is 1.45. The number of carbonyl (C=O) groups excluding carboxylic acids is 3. The molecule has 1 aromatic carbocycles.